The van der Waals surface area contributed by atoms with E-state index < -0.39 is 0 Å². The number of benzene rings is 2. The van der Waals surface area contributed by atoms with Crippen molar-refractivity contribution in [2.24, 2.45) is 5.92 Å². The van der Waals surface area contributed by atoms with E-state index >= 15 is 0 Å². The lowest BCUT2D eigenvalue weighted by Gasteiger charge is -2.32. The number of carbonyl (C=O) groups is 1. The minimum atomic E-state index is -0.155. The van der Waals surface area contributed by atoms with E-state index in [0.717, 1.165) is 5.56 Å². The predicted octanol–water partition coefficient (Wildman–Crippen LogP) is 4.83. The molecule has 2 rings (SSSR count). The molecular formula is C20H24ClNO3. The molecule has 0 aromatic heterocycles. The van der Waals surface area contributed by atoms with E-state index in [4.69, 9.17) is 21.1 Å². The van der Waals surface area contributed by atoms with Crippen LogP contribution in [0, 0.1) is 5.92 Å². The Hall–Kier alpha value is -2.20. The molecule has 0 fully saturated rings. The van der Waals surface area contributed by atoms with Crippen LogP contribution in [0.4, 0.5) is 0 Å². The summed E-state index contributed by atoms with van der Waals surface area (Å²) in [6.45, 7) is 4.14. The number of carbonyl (C=O) groups excluding carboxylic acids is 1. The molecule has 0 spiro atoms. The van der Waals surface area contributed by atoms with E-state index in [0.29, 0.717) is 22.1 Å². The van der Waals surface area contributed by atoms with E-state index in [9.17, 15) is 4.79 Å². The number of halogens is 1. The molecule has 1 atom stereocenters. The number of rotatable bonds is 6. The normalized spacial score (nSPS) is 12.0. The second-order valence-electron chi connectivity index (χ2n) is 6.17. The van der Waals surface area contributed by atoms with Gasteiger partial charge in [0.25, 0.3) is 5.91 Å². The smallest absolute Gasteiger partial charge is 0.258 e. The standard InChI is InChI=1S/C20H24ClNO3/c1-13(2)18(14-9-6-7-11-16(14)21)22(3)20(23)15-10-8-12-17(24-4)19(15)25-5/h6-13,18H,1-5H3. The average Bonchev–Trinajstić information content (AvgIpc) is 2.61. The van der Waals surface area contributed by atoms with E-state index in [1.165, 1.54) is 7.11 Å². The second kappa shape index (κ2) is 8.26. The highest BCUT2D eigenvalue weighted by molar-refractivity contribution is 6.31. The lowest BCUT2D eigenvalue weighted by Crippen LogP contribution is -2.34. The molecule has 5 heteroatoms. The monoisotopic (exact) mass is 361 g/mol. The maximum absolute atomic E-state index is 13.2. The third-order valence-electron chi connectivity index (χ3n) is 4.23. The maximum Gasteiger partial charge on any atom is 0.258 e. The van der Waals surface area contributed by atoms with Crippen LogP contribution in [0.5, 0.6) is 11.5 Å². The zero-order valence-corrected chi connectivity index (χ0v) is 16.0. The van der Waals surface area contributed by atoms with Gasteiger partial charge in [0, 0.05) is 12.1 Å². The van der Waals surface area contributed by atoms with Crippen LogP contribution in [0.25, 0.3) is 0 Å². The van der Waals surface area contributed by atoms with E-state index in [2.05, 4.69) is 13.8 Å². The summed E-state index contributed by atoms with van der Waals surface area (Å²) in [6.07, 6.45) is 0. The number of amides is 1. The van der Waals surface area contributed by atoms with Gasteiger partial charge in [-0.25, -0.2) is 0 Å². The first kappa shape index (κ1) is 19.1. The van der Waals surface area contributed by atoms with Crippen molar-refractivity contribution in [2.45, 2.75) is 19.9 Å². The summed E-state index contributed by atoms with van der Waals surface area (Å²) in [5, 5.41) is 0.651. The van der Waals surface area contributed by atoms with E-state index in [-0.39, 0.29) is 17.9 Å². The van der Waals surface area contributed by atoms with Crippen molar-refractivity contribution < 1.29 is 14.3 Å². The third-order valence-corrected chi connectivity index (χ3v) is 4.57. The van der Waals surface area contributed by atoms with Crippen LogP contribution in [-0.4, -0.2) is 32.1 Å². The molecule has 1 unspecified atom stereocenters. The molecule has 134 valence electrons. The van der Waals surface area contributed by atoms with Gasteiger partial charge >= 0.3 is 0 Å². The van der Waals surface area contributed by atoms with Crippen LogP contribution in [0.2, 0.25) is 5.02 Å². The molecule has 25 heavy (non-hydrogen) atoms. The predicted molar refractivity (Wildman–Crippen MR) is 101 cm³/mol. The Bertz CT molecular complexity index is 745. The van der Waals surface area contributed by atoms with Gasteiger partial charge in [-0.3, -0.25) is 4.79 Å². The molecule has 0 radical (unpaired) electrons. The van der Waals surface area contributed by atoms with Crippen molar-refractivity contribution in [1.82, 2.24) is 4.90 Å². The van der Waals surface area contributed by atoms with E-state index in [1.807, 2.05) is 24.3 Å². The fourth-order valence-electron chi connectivity index (χ4n) is 3.10. The largest absolute Gasteiger partial charge is 0.493 e. The van der Waals surface area contributed by atoms with Crippen molar-refractivity contribution in [1.29, 1.82) is 0 Å². The van der Waals surface area contributed by atoms with Crippen LogP contribution < -0.4 is 9.47 Å². The van der Waals surface area contributed by atoms with Gasteiger partial charge in [-0.2, -0.15) is 0 Å². The first-order valence-corrected chi connectivity index (χ1v) is 8.52. The summed E-state index contributed by atoms with van der Waals surface area (Å²) < 4.78 is 10.7. The second-order valence-corrected chi connectivity index (χ2v) is 6.57. The van der Waals surface area contributed by atoms with E-state index in [1.54, 1.807) is 37.3 Å². The number of hydrogen-bond donors (Lipinski definition) is 0. The van der Waals surface area contributed by atoms with Gasteiger partial charge in [0.05, 0.1) is 25.8 Å². The molecule has 2 aromatic rings. The molecular weight excluding hydrogens is 338 g/mol. The van der Waals surface area contributed by atoms with Gasteiger partial charge in [0.1, 0.15) is 0 Å². The molecule has 4 nitrogen and oxygen atoms in total. The number of nitrogens with zero attached hydrogens (tertiary/aromatic N) is 1. The summed E-state index contributed by atoms with van der Waals surface area (Å²) in [4.78, 5) is 14.9. The Morgan fingerprint density at radius 2 is 1.72 bits per heavy atom. The molecule has 0 aliphatic carbocycles. The van der Waals surface area contributed by atoms with Crippen molar-refractivity contribution >= 4 is 17.5 Å². The van der Waals surface area contributed by atoms with Crippen LogP contribution >= 0.6 is 11.6 Å². The van der Waals surface area contributed by atoms with Crippen LogP contribution in [0.15, 0.2) is 42.5 Å². The lowest BCUT2D eigenvalue weighted by molar-refractivity contribution is 0.0683. The zero-order valence-electron chi connectivity index (χ0n) is 15.2. The lowest BCUT2D eigenvalue weighted by atomic mass is 9.94. The Labute approximate surface area is 154 Å². The molecule has 0 aliphatic heterocycles. The average molecular weight is 362 g/mol. The van der Waals surface area contributed by atoms with Gasteiger partial charge in [0.2, 0.25) is 0 Å². The first-order chi connectivity index (χ1) is 11.9. The van der Waals surface area contributed by atoms with Gasteiger partial charge in [-0.05, 0) is 29.7 Å². The summed E-state index contributed by atoms with van der Waals surface area (Å²) in [6, 6.07) is 12.8. The summed E-state index contributed by atoms with van der Waals surface area (Å²) in [7, 11) is 4.87. The van der Waals surface area contributed by atoms with Gasteiger partial charge in [-0.1, -0.05) is 49.7 Å². The molecule has 0 saturated heterocycles. The highest BCUT2D eigenvalue weighted by Crippen LogP contribution is 2.36. The molecule has 1 amide bonds. The molecule has 0 heterocycles. The van der Waals surface area contributed by atoms with Gasteiger partial charge in [0.15, 0.2) is 11.5 Å². The Morgan fingerprint density at radius 3 is 2.28 bits per heavy atom. The molecule has 2 aromatic carbocycles. The van der Waals surface area contributed by atoms with Gasteiger partial charge < -0.3 is 14.4 Å². The highest BCUT2D eigenvalue weighted by Gasteiger charge is 2.29. The van der Waals surface area contributed by atoms with Gasteiger partial charge in [-0.15, -0.1) is 0 Å². The van der Waals surface area contributed by atoms with Crippen molar-refractivity contribution in [2.75, 3.05) is 21.3 Å². The maximum atomic E-state index is 13.2. The Morgan fingerprint density at radius 1 is 1.04 bits per heavy atom. The summed E-state index contributed by atoms with van der Waals surface area (Å²) in [5.74, 6) is 1.00. The topological polar surface area (TPSA) is 38.8 Å². The number of ether oxygens (including phenoxy) is 2. The fourth-order valence-corrected chi connectivity index (χ4v) is 3.35. The van der Waals surface area contributed by atoms with Crippen molar-refractivity contribution in [3.63, 3.8) is 0 Å². The summed E-state index contributed by atoms with van der Waals surface area (Å²) >= 11 is 6.38. The van der Waals surface area contributed by atoms with Crippen molar-refractivity contribution in [3.05, 3.63) is 58.6 Å². The number of methoxy groups -OCH3 is 2. The van der Waals surface area contributed by atoms with Crippen LogP contribution in [0.3, 0.4) is 0 Å². The van der Waals surface area contributed by atoms with Crippen LogP contribution in [0.1, 0.15) is 35.8 Å². The molecule has 0 aliphatic rings. The van der Waals surface area contributed by atoms with Crippen LogP contribution in [-0.2, 0) is 0 Å². The fraction of sp³-hybridized carbons (Fsp3) is 0.350. The third kappa shape index (κ3) is 3.90. The minimum absolute atomic E-state index is 0.144. The molecule has 0 bridgehead atoms. The minimum Gasteiger partial charge on any atom is -0.493 e. The molecule has 0 saturated carbocycles. The summed E-state index contributed by atoms with van der Waals surface area (Å²) in [5.41, 5.74) is 1.39. The van der Waals surface area contributed by atoms with Crippen molar-refractivity contribution in [3.8, 4) is 11.5 Å². The molecule has 0 N–H and O–H groups in total. The quantitative estimate of drug-likeness (QED) is 0.739. The SMILES string of the molecule is COc1cccc(C(=O)N(C)C(c2ccccc2Cl)C(C)C)c1OC. The highest BCUT2D eigenvalue weighted by atomic mass is 35.5. The Balaban J connectivity index is 2.46. The zero-order chi connectivity index (χ0) is 18.6. The first-order valence-electron chi connectivity index (χ1n) is 8.14. The Kier molecular flexibility index (Phi) is 6.32. The number of hydrogen-bond acceptors (Lipinski definition) is 3. The number of para-hydroxylation sites is 1.